The number of hydrogen-bond acceptors (Lipinski definition) is 2. The van der Waals surface area contributed by atoms with Gasteiger partial charge >= 0.3 is 6.03 Å². The molecule has 1 aromatic rings. The Morgan fingerprint density at radius 1 is 1.04 bits per heavy atom. The van der Waals surface area contributed by atoms with Crippen molar-refractivity contribution < 1.29 is 9.59 Å². The molecule has 1 spiro atoms. The van der Waals surface area contributed by atoms with E-state index in [0.717, 1.165) is 37.9 Å². The summed E-state index contributed by atoms with van der Waals surface area (Å²) in [5, 5.41) is 0. The molecule has 4 rings (SSSR count). The molecule has 0 atom stereocenters. The molecule has 1 saturated heterocycles. The molecule has 0 aromatic heterocycles. The van der Waals surface area contributed by atoms with E-state index < -0.39 is 5.91 Å². The van der Waals surface area contributed by atoms with E-state index in [1.54, 1.807) is 12.1 Å². The summed E-state index contributed by atoms with van der Waals surface area (Å²) in [6.07, 6.45) is 9.50. The van der Waals surface area contributed by atoms with Gasteiger partial charge in [0.05, 0.1) is 12.1 Å². The van der Waals surface area contributed by atoms with E-state index >= 15 is 0 Å². The number of hydrogen-bond donors (Lipinski definition) is 1. The third kappa shape index (κ3) is 2.56. The van der Waals surface area contributed by atoms with Crippen molar-refractivity contribution in [1.82, 2.24) is 4.90 Å². The molecule has 3 aliphatic rings. The highest BCUT2D eigenvalue weighted by Crippen LogP contribution is 2.45. The molecule has 5 heteroatoms. The molecule has 2 N–H and O–H groups in total. The van der Waals surface area contributed by atoms with E-state index in [1.807, 2.05) is 17.0 Å². The van der Waals surface area contributed by atoms with Crippen LogP contribution in [0.4, 0.5) is 10.5 Å². The molecule has 1 heterocycles. The molecule has 3 fully saturated rings. The largest absolute Gasteiger partial charge is 0.366 e. The number of rotatable bonds is 3. The van der Waals surface area contributed by atoms with Gasteiger partial charge in [-0.1, -0.05) is 25.7 Å². The summed E-state index contributed by atoms with van der Waals surface area (Å²) >= 11 is 0. The SMILES string of the molecule is NC(=O)c1ccc(N2CC3(CCCCCC3)N(C3CC3)C2=O)cc1. The van der Waals surface area contributed by atoms with Gasteiger partial charge in [0.25, 0.3) is 0 Å². The van der Waals surface area contributed by atoms with Crippen LogP contribution in [0.25, 0.3) is 0 Å². The van der Waals surface area contributed by atoms with Crippen LogP contribution in [0.15, 0.2) is 24.3 Å². The zero-order valence-electron chi connectivity index (χ0n) is 14.0. The smallest absolute Gasteiger partial charge is 0.325 e. The third-order valence-electron chi connectivity index (χ3n) is 5.81. The second kappa shape index (κ2) is 5.80. The van der Waals surface area contributed by atoms with Crippen LogP contribution in [0.2, 0.25) is 0 Å². The minimum Gasteiger partial charge on any atom is -0.366 e. The van der Waals surface area contributed by atoms with Crippen LogP contribution < -0.4 is 10.6 Å². The zero-order valence-corrected chi connectivity index (χ0v) is 14.0. The topological polar surface area (TPSA) is 66.6 Å². The van der Waals surface area contributed by atoms with Crippen molar-refractivity contribution in [3.05, 3.63) is 29.8 Å². The van der Waals surface area contributed by atoms with Gasteiger partial charge in [-0.3, -0.25) is 9.69 Å². The Morgan fingerprint density at radius 3 is 2.21 bits per heavy atom. The number of nitrogens with zero attached hydrogens (tertiary/aromatic N) is 2. The average Bonchev–Trinajstić information content (AvgIpc) is 3.38. The van der Waals surface area contributed by atoms with Gasteiger partial charge in [-0.2, -0.15) is 0 Å². The average molecular weight is 327 g/mol. The fourth-order valence-electron chi connectivity index (χ4n) is 4.44. The van der Waals surface area contributed by atoms with Gasteiger partial charge in [-0.15, -0.1) is 0 Å². The number of carbonyl (C=O) groups excluding carboxylic acids is 2. The molecule has 0 radical (unpaired) electrons. The van der Waals surface area contributed by atoms with Gasteiger partial charge in [0.1, 0.15) is 0 Å². The quantitative estimate of drug-likeness (QED) is 0.926. The number of amides is 3. The molecular formula is C19H25N3O2. The second-order valence-corrected chi connectivity index (χ2v) is 7.52. The number of nitrogens with two attached hydrogens (primary N) is 1. The maximum absolute atomic E-state index is 13.2. The molecular weight excluding hydrogens is 302 g/mol. The van der Waals surface area contributed by atoms with Crippen molar-refractivity contribution in [3.8, 4) is 0 Å². The summed E-state index contributed by atoms with van der Waals surface area (Å²) in [5.74, 6) is -0.436. The molecule has 3 amide bonds. The summed E-state index contributed by atoms with van der Waals surface area (Å²) in [6.45, 7) is 0.776. The van der Waals surface area contributed by atoms with E-state index in [2.05, 4.69) is 4.90 Å². The van der Waals surface area contributed by atoms with Crippen molar-refractivity contribution >= 4 is 17.6 Å². The first-order valence-corrected chi connectivity index (χ1v) is 9.11. The highest BCUT2D eigenvalue weighted by Gasteiger charge is 2.54. The highest BCUT2D eigenvalue weighted by atomic mass is 16.2. The Hall–Kier alpha value is -2.04. The van der Waals surface area contributed by atoms with Gasteiger partial charge in [0, 0.05) is 17.3 Å². The summed E-state index contributed by atoms with van der Waals surface area (Å²) in [7, 11) is 0. The van der Waals surface area contributed by atoms with Crippen LogP contribution in [-0.2, 0) is 0 Å². The van der Waals surface area contributed by atoms with E-state index in [4.69, 9.17) is 5.73 Å². The van der Waals surface area contributed by atoms with Crippen LogP contribution in [0, 0.1) is 0 Å². The standard InChI is InChI=1S/C19H25N3O2/c20-17(23)14-5-7-15(8-6-14)21-13-19(11-3-1-2-4-12-19)22(18(21)24)16-9-10-16/h5-8,16H,1-4,9-13H2,(H2,20,23). The molecule has 0 bridgehead atoms. The minimum atomic E-state index is -0.436. The molecule has 128 valence electrons. The molecule has 1 aliphatic heterocycles. The van der Waals surface area contributed by atoms with Crippen molar-refractivity contribution in [2.45, 2.75) is 62.9 Å². The Bertz CT molecular complexity index is 643. The fourth-order valence-corrected chi connectivity index (χ4v) is 4.44. The molecule has 0 unspecified atom stereocenters. The lowest BCUT2D eigenvalue weighted by Crippen LogP contribution is -2.48. The van der Waals surface area contributed by atoms with Crippen LogP contribution in [-0.4, -0.2) is 35.0 Å². The molecule has 5 nitrogen and oxygen atoms in total. The highest BCUT2D eigenvalue weighted by molar-refractivity contribution is 5.97. The molecule has 1 aromatic carbocycles. The maximum Gasteiger partial charge on any atom is 0.325 e. The van der Waals surface area contributed by atoms with Gasteiger partial charge in [0.15, 0.2) is 0 Å². The first-order valence-electron chi connectivity index (χ1n) is 9.11. The molecule has 2 aliphatic carbocycles. The number of urea groups is 1. The Balaban J connectivity index is 1.64. The molecule has 2 saturated carbocycles. The number of carbonyl (C=O) groups is 2. The fraction of sp³-hybridized carbons (Fsp3) is 0.579. The first kappa shape index (κ1) is 15.5. The summed E-state index contributed by atoms with van der Waals surface area (Å²) < 4.78 is 0. The third-order valence-corrected chi connectivity index (χ3v) is 5.81. The van der Waals surface area contributed by atoms with Gasteiger partial charge in [-0.05, 0) is 49.9 Å². The number of benzene rings is 1. The summed E-state index contributed by atoms with van der Waals surface area (Å²) in [6, 6.07) is 7.70. The Kier molecular flexibility index (Phi) is 3.74. The Morgan fingerprint density at radius 2 is 1.67 bits per heavy atom. The van der Waals surface area contributed by atoms with Crippen LogP contribution in [0.5, 0.6) is 0 Å². The van der Waals surface area contributed by atoms with Crippen molar-refractivity contribution in [1.29, 1.82) is 0 Å². The predicted molar refractivity (Wildman–Crippen MR) is 93.0 cm³/mol. The van der Waals surface area contributed by atoms with Crippen LogP contribution in [0.3, 0.4) is 0 Å². The Labute approximate surface area is 142 Å². The summed E-state index contributed by atoms with van der Waals surface area (Å²) in [5.41, 5.74) is 6.68. The zero-order chi connectivity index (χ0) is 16.7. The summed E-state index contributed by atoms with van der Waals surface area (Å²) in [4.78, 5) is 28.5. The number of primary amides is 1. The van der Waals surface area contributed by atoms with E-state index in [0.29, 0.717) is 11.6 Å². The van der Waals surface area contributed by atoms with E-state index in [1.165, 1.54) is 25.7 Å². The van der Waals surface area contributed by atoms with Crippen molar-refractivity contribution in [3.63, 3.8) is 0 Å². The van der Waals surface area contributed by atoms with Gasteiger partial charge in [0.2, 0.25) is 5.91 Å². The van der Waals surface area contributed by atoms with Crippen LogP contribution >= 0.6 is 0 Å². The lowest BCUT2D eigenvalue weighted by Gasteiger charge is -2.36. The first-order chi connectivity index (χ1) is 11.6. The maximum atomic E-state index is 13.2. The van der Waals surface area contributed by atoms with E-state index in [-0.39, 0.29) is 11.6 Å². The van der Waals surface area contributed by atoms with Crippen LogP contribution in [0.1, 0.15) is 61.7 Å². The monoisotopic (exact) mass is 327 g/mol. The lowest BCUT2D eigenvalue weighted by atomic mass is 9.89. The predicted octanol–water partition coefficient (Wildman–Crippen LogP) is 3.28. The normalized spacial score (nSPS) is 23.6. The van der Waals surface area contributed by atoms with Gasteiger partial charge in [-0.25, -0.2) is 4.79 Å². The van der Waals surface area contributed by atoms with Crippen molar-refractivity contribution in [2.75, 3.05) is 11.4 Å². The second-order valence-electron chi connectivity index (χ2n) is 7.52. The lowest BCUT2D eigenvalue weighted by molar-refractivity contribution is 0.1000. The van der Waals surface area contributed by atoms with E-state index in [9.17, 15) is 9.59 Å². The van der Waals surface area contributed by atoms with Crippen molar-refractivity contribution in [2.24, 2.45) is 5.73 Å². The minimum absolute atomic E-state index is 0.0110. The molecule has 24 heavy (non-hydrogen) atoms. The number of anilines is 1. The van der Waals surface area contributed by atoms with Gasteiger partial charge < -0.3 is 10.6 Å².